The number of carbonyl (C=O) groups excluding carboxylic acids is 4. The lowest BCUT2D eigenvalue weighted by molar-refractivity contribution is -0.147. The minimum Gasteiger partial charge on any atom is -0.454 e. The molecule has 0 bridgehead atoms. The Morgan fingerprint density at radius 3 is 2.07 bits per heavy atom. The molecule has 0 spiro atoms. The van der Waals surface area contributed by atoms with E-state index in [0.29, 0.717) is 12.1 Å². The largest absolute Gasteiger partial charge is 0.454 e. The second kappa shape index (κ2) is 10.3. The summed E-state index contributed by atoms with van der Waals surface area (Å²) in [6.07, 6.45) is 0. The average Bonchev–Trinajstić information content (AvgIpc) is 2.62. The molecular formula is C19H27N3O5. The van der Waals surface area contributed by atoms with Gasteiger partial charge in [-0.1, -0.05) is 32.9 Å². The molecule has 0 radical (unpaired) electrons. The van der Waals surface area contributed by atoms with Gasteiger partial charge in [0.15, 0.2) is 6.61 Å². The molecule has 8 nitrogen and oxygen atoms in total. The molecule has 0 aromatic heterocycles. The summed E-state index contributed by atoms with van der Waals surface area (Å²) in [4.78, 5) is 46.3. The number of rotatable bonds is 8. The first-order chi connectivity index (χ1) is 12.6. The zero-order valence-corrected chi connectivity index (χ0v) is 16.2. The van der Waals surface area contributed by atoms with Crippen molar-refractivity contribution in [1.82, 2.24) is 16.0 Å². The third kappa shape index (κ3) is 8.35. The van der Waals surface area contributed by atoms with Gasteiger partial charge < -0.3 is 20.7 Å². The molecule has 0 aliphatic rings. The Balaban J connectivity index is 2.34. The lowest BCUT2D eigenvalue weighted by Crippen LogP contribution is -2.39. The second-order valence-electron chi connectivity index (χ2n) is 6.90. The van der Waals surface area contributed by atoms with Gasteiger partial charge in [-0.25, -0.2) is 0 Å². The van der Waals surface area contributed by atoms with Crippen molar-refractivity contribution < 1.29 is 23.9 Å². The summed E-state index contributed by atoms with van der Waals surface area (Å²) in [5.74, 6) is -2.09. The SMILES string of the molecule is CCNC(=O)CNC(=O)COC(=O)CNC(=O)c1ccc(C(C)(C)C)cc1. The molecule has 1 aromatic rings. The van der Waals surface area contributed by atoms with Gasteiger partial charge in [0.05, 0.1) is 6.54 Å². The minimum atomic E-state index is -0.747. The molecule has 0 aliphatic heterocycles. The Hall–Kier alpha value is -2.90. The maximum atomic E-state index is 12.0. The summed E-state index contributed by atoms with van der Waals surface area (Å²) in [7, 11) is 0. The van der Waals surface area contributed by atoms with Crippen LogP contribution in [0.15, 0.2) is 24.3 Å². The van der Waals surface area contributed by atoms with E-state index in [1.54, 1.807) is 19.1 Å². The number of likely N-dealkylation sites (N-methyl/N-ethyl adjacent to an activating group) is 1. The molecule has 0 heterocycles. The van der Waals surface area contributed by atoms with E-state index in [1.165, 1.54) is 0 Å². The fourth-order valence-electron chi connectivity index (χ4n) is 2.06. The van der Waals surface area contributed by atoms with Crippen molar-refractivity contribution in [2.24, 2.45) is 0 Å². The minimum absolute atomic E-state index is 0.0173. The highest BCUT2D eigenvalue weighted by Crippen LogP contribution is 2.22. The Bertz CT molecular complexity index is 678. The number of nitrogens with one attached hydrogen (secondary N) is 3. The lowest BCUT2D eigenvalue weighted by atomic mass is 9.87. The fourth-order valence-corrected chi connectivity index (χ4v) is 2.06. The third-order valence-electron chi connectivity index (χ3n) is 3.59. The molecule has 0 aliphatic carbocycles. The number of hydrogen-bond acceptors (Lipinski definition) is 5. The van der Waals surface area contributed by atoms with Crippen LogP contribution in [0.1, 0.15) is 43.6 Å². The number of carbonyl (C=O) groups is 4. The van der Waals surface area contributed by atoms with E-state index in [9.17, 15) is 19.2 Å². The Morgan fingerprint density at radius 1 is 0.889 bits per heavy atom. The summed E-state index contributed by atoms with van der Waals surface area (Å²) in [5, 5.41) is 7.27. The normalized spacial score (nSPS) is 10.7. The first-order valence-corrected chi connectivity index (χ1v) is 8.71. The highest BCUT2D eigenvalue weighted by Gasteiger charge is 2.15. The summed E-state index contributed by atoms with van der Waals surface area (Å²) < 4.78 is 4.75. The van der Waals surface area contributed by atoms with Crippen LogP contribution in [0.3, 0.4) is 0 Å². The van der Waals surface area contributed by atoms with Crippen LogP contribution in [0.25, 0.3) is 0 Å². The molecular weight excluding hydrogens is 350 g/mol. The molecule has 0 saturated carbocycles. The first-order valence-electron chi connectivity index (χ1n) is 8.71. The zero-order chi connectivity index (χ0) is 20.4. The number of amides is 3. The topological polar surface area (TPSA) is 114 Å². The van der Waals surface area contributed by atoms with E-state index in [1.807, 2.05) is 12.1 Å². The fraction of sp³-hybridized carbons (Fsp3) is 0.474. The van der Waals surface area contributed by atoms with Gasteiger partial charge >= 0.3 is 5.97 Å². The molecule has 27 heavy (non-hydrogen) atoms. The van der Waals surface area contributed by atoms with Crippen molar-refractivity contribution in [2.75, 3.05) is 26.2 Å². The average molecular weight is 377 g/mol. The molecule has 0 saturated heterocycles. The highest BCUT2D eigenvalue weighted by molar-refractivity contribution is 5.96. The Labute approximate surface area is 159 Å². The van der Waals surface area contributed by atoms with Crippen LogP contribution < -0.4 is 16.0 Å². The van der Waals surface area contributed by atoms with E-state index in [2.05, 4.69) is 36.7 Å². The van der Waals surface area contributed by atoms with Crippen molar-refractivity contribution in [3.63, 3.8) is 0 Å². The van der Waals surface area contributed by atoms with Crippen LogP contribution in [0.2, 0.25) is 0 Å². The lowest BCUT2D eigenvalue weighted by Gasteiger charge is -2.19. The molecule has 3 amide bonds. The monoisotopic (exact) mass is 377 g/mol. The Morgan fingerprint density at radius 2 is 1.52 bits per heavy atom. The van der Waals surface area contributed by atoms with Crippen LogP contribution in [0, 0.1) is 0 Å². The van der Waals surface area contributed by atoms with Gasteiger partial charge in [0.25, 0.3) is 11.8 Å². The van der Waals surface area contributed by atoms with Crippen LogP contribution >= 0.6 is 0 Å². The summed E-state index contributed by atoms with van der Waals surface area (Å²) in [6, 6.07) is 7.12. The second-order valence-corrected chi connectivity index (χ2v) is 6.90. The molecule has 1 rings (SSSR count). The number of ether oxygens (including phenoxy) is 1. The molecule has 0 fully saturated rings. The van der Waals surface area contributed by atoms with E-state index in [0.717, 1.165) is 5.56 Å². The number of esters is 1. The van der Waals surface area contributed by atoms with Gasteiger partial charge in [0, 0.05) is 12.1 Å². The predicted octanol–water partition coefficient (Wildman–Crippen LogP) is 0.509. The zero-order valence-electron chi connectivity index (χ0n) is 16.2. The first kappa shape index (κ1) is 22.1. The summed E-state index contributed by atoms with van der Waals surface area (Å²) in [6.45, 7) is 7.37. The van der Waals surface area contributed by atoms with Crippen molar-refractivity contribution in [3.8, 4) is 0 Å². The molecule has 8 heteroatoms. The number of hydrogen-bond donors (Lipinski definition) is 3. The van der Waals surface area contributed by atoms with Crippen molar-refractivity contribution >= 4 is 23.7 Å². The van der Waals surface area contributed by atoms with Gasteiger partial charge in [0.1, 0.15) is 6.54 Å². The van der Waals surface area contributed by atoms with Gasteiger partial charge in [-0.05, 0) is 30.0 Å². The van der Waals surface area contributed by atoms with E-state index in [-0.39, 0.29) is 24.4 Å². The van der Waals surface area contributed by atoms with E-state index in [4.69, 9.17) is 4.74 Å². The molecule has 3 N–H and O–H groups in total. The summed E-state index contributed by atoms with van der Waals surface area (Å²) in [5.41, 5.74) is 1.50. The van der Waals surface area contributed by atoms with Crippen LogP contribution in [0.4, 0.5) is 0 Å². The number of benzene rings is 1. The maximum absolute atomic E-state index is 12.0. The van der Waals surface area contributed by atoms with E-state index >= 15 is 0 Å². The standard InChI is InChI=1S/C19H27N3O5/c1-5-20-15(23)10-21-16(24)12-27-17(25)11-22-18(26)13-6-8-14(9-7-13)19(2,3)4/h6-9H,5,10-12H2,1-4H3,(H,20,23)(H,21,24)(H,22,26). The van der Waals surface area contributed by atoms with Crippen LogP contribution in [0.5, 0.6) is 0 Å². The Kier molecular flexibility index (Phi) is 8.44. The van der Waals surface area contributed by atoms with Crippen molar-refractivity contribution in [3.05, 3.63) is 35.4 Å². The van der Waals surface area contributed by atoms with E-state index < -0.39 is 24.4 Å². The highest BCUT2D eigenvalue weighted by atomic mass is 16.5. The molecule has 0 atom stereocenters. The smallest absolute Gasteiger partial charge is 0.325 e. The third-order valence-corrected chi connectivity index (χ3v) is 3.59. The van der Waals surface area contributed by atoms with Gasteiger partial charge in [-0.3, -0.25) is 19.2 Å². The molecule has 0 unspecified atom stereocenters. The molecule has 148 valence electrons. The van der Waals surface area contributed by atoms with Crippen molar-refractivity contribution in [2.45, 2.75) is 33.1 Å². The van der Waals surface area contributed by atoms with Gasteiger partial charge in [-0.2, -0.15) is 0 Å². The van der Waals surface area contributed by atoms with Crippen LogP contribution in [-0.2, 0) is 24.5 Å². The van der Waals surface area contributed by atoms with Gasteiger partial charge in [0.2, 0.25) is 5.91 Å². The maximum Gasteiger partial charge on any atom is 0.325 e. The summed E-state index contributed by atoms with van der Waals surface area (Å²) >= 11 is 0. The van der Waals surface area contributed by atoms with Gasteiger partial charge in [-0.15, -0.1) is 0 Å². The predicted molar refractivity (Wildman–Crippen MR) is 100 cm³/mol. The van der Waals surface area contributed by atoms with Crippen LogP contribution in [-0.4, -0.2) is 49.9 Å². The van der Waals surface area contributed by atoms with Crippen molar-refractivity contribution in [1.29, 1.82) is 0 Å². The quantitative estimate of drug-likeness (QED) is 0.571. The molecule has 1 aromatic carbocycles.